The summed E-state index contributed by atoms with van der Waals surface area (Å²) in [5, 5.41) is 0. The minimum Gasteiger partial charge on any atom is -0.444 e. The van der Waals surface area contributed by atoms with Crippen molar-refractivity contribution in [2.24, 2.45) is 0 Å². The highest BCUT2D eigenvalue weighted by atomic mass is 16.6. The van der Waals surface area contributed by atoms with Crippen LogP contribution in [0.15, 0.2) is 0 Å². The van der Waals surface area contributed by atoms with Crippen LogP contribution in [0.25, 0.3) is 0 Å². The van der Waals surface area contributed by atoms with E-state index < -0.39 is 5.60 Å². The molecule has 2 aliphatic heterocycles. The molecule has 0 aliphatic carbocycles. The van der Waals surface area contributed by atoms with E-state index in [1.165, 1.54) is 0 Å². The first-order valence-corrected chi connectivity index (χ1v) is 6.98. The van der Waals surface area contributed by atoms with Gasteiger partial charge < -0.3 is 9.64 Å². The predicted octanol–water partition coefficient (Wildman–Crippen LogP) is 2.48. The van der Waals surface area contributed by atoms with Gasteiger partial charge in [0.2, 0.25) is 0 Å². The van der Waals surface area contributed by atoms with Crippen LogP contribution in [0, 0.1) is 0 Å². The molecule has 104 valence electrons. The van der Waals surface area contributed by atoms with Crippen molar-refractivity contribution < 1.29 is 9.53 Å². The van der Waals surface area contributed by atoms with Gasteiger partial charge in [-0.1, -0.05) is 0 Å². The second-order valence-corrected chi connectivity index (χ2v) is 6.87. The van der Waals surface area contributed by atoms with Gasteiger partial charge in [-0.3, -0.25) is 4.90 Å². The Kier molecular flexibility index (Phi) is 3.34. The number of likely N-dealkylation sites (tertiary alicyclic amines) is 2. The number of piperazine rings is 1. The zero-order chi connectivity index (χ0) is 13.7. The summed E-state index contributed by atoms with van der Waals surface area (Å²) in [5.41, 5.74) is -0.403. The van der Waals surface area contributed by atoms with Gasteiger partial charge in [0.15, 0.2) is 0 Å². The third-order valence-corrected chi connectivity index (χ3v) is 3.99. The average Bonchev–Trinajstić information content (AvgIpc) is 2.70. The quantitative estimate of drug-likeness (QED) is 0.720. The number of ether oxygens (including phenoxy) is 1. The Labute approximate surface area is 110 Å². The molecule has 3 atom stereocenters. The lowest BCUT2D eigenvalue weighted by molar-refractivity contribution is -0.000949. The molecule has 2 bridgehead atoms. The van der Waals surface area contributed by atoms with Gasteiger partial charge in [0, 0.05) is 24.7 Å². The SMILES string of the molecule is CC(C)N1C2CC(C1C)N(C(=O)OC(C)(C)C)C2. The highest BCUT2D eigenvalue weighted by Crippen LogP contribution is 2.37. The molecule has 0 aromatic carbocycles. The maximum atomic E-state index is 12.2. The monoisotopic (exact) mass is 254 g/mol. The average molecular weight is 254 g/mol. The van der Waals surface area contributed by atoms with Crippen LogP contribution in [-0.2, 0) is 4.74 Å². The largest absolute Gasteiger partial charge is 0.444 e. The summed E-state index contributed by atoms with van der Waals surface area (Å²) >= 11 is 0. The van der Waals surface area contributed by atoms with Gasteiger partial charge in [0.05, 0.1) is 6.04 Å². The van der Waals surface area contributed by atoms with Gasteiger partial charge in [-0.05, 0) is 48.0 Å². The normalized spacial score (nSPS) is 32.4. The van der Waals surface area contributed by atoms with Gasteiger partial charge in [0.1, 0.15) is 5.60 Å². The van der Waals surface area contributed by atoms with Crippen molar-refractivity contribution in [1.29, 1.82) is 0 Å². The number of hydrogen-bond acceptors (Lipinski definition) is 3. The lowest BCUT2D eigenvalue weighted by atomic mass is 10.1. The van der Waals surface area contributed by atoms with Crippen molar-refractivity contribution in [3.05, 3.63) is 0 Å². The van der Waals surface area contributed by atoms with Gasteiger partial charge >= 0.3 is 6.09 Å². The van der Waals surface area contributed by atoms with Crippen molar-refractivity contribution in [2.45, 2.75) is 77.7 Å². The molecule has 0 spiro atoms. The van der Waals surface area contributed by atoms with Crippen LogP contribution < -0.4 is 0 Å². The third-order valence-electron chi connectivity index (χ3n) is 3.99. The number of fused-ring (bicyclic) bond motifs is 2. The van der Waals surface area contributed by atoms with E-state index in [-0.39, 0.29) is 6.09 Å². The minimum absolute atomic E-state index is 0.148. The van der Waals surface area contributed by atoms with Crippen LogP contribution in [0.1, 0.15) is 48.0 Å². The lowest BCUT2D eigenvalue weighted by Gasteiger charge is -2.41. The summed E-state index contributed by atoms with van der Waals surface area (Å²) in [7, 11) is 0. The maximum absolute atomic E-state index is 12.2. The molecule has 4 nitrogen and oxygen atoms in total. The summed E-state index contributed by atoms with van der Waals surface area (Å²) in [5.74, 6) is 0. The first kappa shape index (κ1) is 13.7. The van der Waals surface area contributed by atoms with Gasteiger partial charge in [0.25, 0.3) is 0 Å². The predicted molar refractivity (Wildman–Crippen MR) is 71.6 cm³/mol. The van der Waals surface area contributed by atoms with Crippen molar-refractivity contribution >= 4 is 6.09 Å². The van der Waals surface area contributed by atoms with Crippen LogP contribution >= 0.6 is 0 Å². The Morgan fingerprint density at radius 3 is 2.39 bits per heavy atom. The molecule has 0 aromatic heterocycles. The van der Waals surface area contributed by atoms with Crippen LogP contribution in [-0.4, -0.2) is 52.2 Å². The number of carbonyl (C=O) groups excluding carboxylic acids is 1. The number of carbonyl (C=O) groups is 1. The van der Waals surface area contributed by atoms with E-state index in [9.17, 15) is 4.79 Å². The van der Waals surface area contributed by atoms with Crippen LogP contribution in [0.4, 0.5) is 4.79 Å². The second-order valence-electron chi connectivity index (χ2n) is 6.87. The summed E-state index contributed by atoms with van der Waals surface area (Å²) in [6, 6.07) is 1.83. The molecule has 2 rings (SSSR count). The van der Waals surface area contributed by atoms with E-state index in [4.69, 9.17) is 4.74 Å². The van der Waals surface area contributed by atoms with Crippen molar-refractivity contribution in [3.8, 4) is 0 Å². The van der Waals surface area contributed by atoms with E-state index in [0.29, 0.717) is 24.2 Å². The van der Waals surface area contributed by atoms with E-state index in [1.54, 1.807) is 0 Å². The molecule has 2 heterocycles. The minimum atomic E-state index is -0.403. The molecule has 0 N–H and O–H groups in total. The summed E-state index contributed by atoms with van der Waals surface area (Å²) in [6.45, 7) is 13.3. The fourth-order valence-electron chi connectivity index (χ4n) is 3.47. The molecule has 2 saturated heterocycles. The summed E-state index contributed by atoms with van der Waals surface area (Å²) < 4.78 is 5.49. The molecule has 18 heavy (non-hydrogen) atoms. The van der Waals surface area contributed by atoms with E-state index in [1.807, 2.05) is 25.7 Å². The Hall–Kier alpha value is -0.770. The second kappa shape index (κ2) is 4.41. The van der Waals surface area contributed by atoms with Gasteiger partial charge in [-0.15, -0.1) is 0 Å². The Bertz CT molecular complexity index is 333. The summed E-state index contributed by atoms with van der Waals surface area (Å²) in [4.78, 5) is 16.6. The number of amides is 1. The van der Waals surface area contributed by atoms with E-state index in [0.717, 1.165) is 13.0 Å². The zero-order valence-corrected chi connectivity index (χ0v) is 12.4. The van der Waals surface area contributed by atoms with Crippen LogP contribution in [0.3, 0.4) is 0 Å². The lowest BCUT2D eigenvalue weighted by Crippen LogP contribution is -2.56. The third kappa shape index (κ3) is 2.35. The fraction of sp³-hybridized carbons (Fsp3) is 0.929. The molecular weight excluding hydrogens is 228 g/mol. The highest BCUT2D eigenvalue weighted by Gasteiger charge is 2.51. The highest BCUT2D eigenvalue weighted by molar-refractivity contribution is 5.69. The summed E-state index contributed by atoms with van der Waals surface area (Å²) in [6.07, 6.45) is 0.948. The topological polar surface area (TPSA) is 32.8 Å². The smallest absolute Gasteiger partial charge is 0.410 e. The maximum Gasteiger partial charge on any atom is 0.410 e. The van der Waals surface area contributed by atoms with Crippen LogP contribution in [0.5, 0.6) is 0 Å². The van der Waals surface area contributed by atoms with E-state index >= 15 is 0 Å². The standard InChI is InChI=1S/C14H26N2O2/c1-9(2)16-10(3)12-7-11(16)8-15(12)13(17)18-14(4,5)6/h9-12H,7-8H2,1-6H3. The van der Waals surface area contributed by atoms with Crippen molar-refractivity contribution in [2.75, 3.05) is 6.54 Å². The first-order valence-electron chi connectivity index (χ1n) is 6.98. The first-order chi connectivity index (χ1) is 8.20. The van der Waals surface area contributed by atoms with E-state index in [2.05, 4.69) is 25.7 Å². The van der Waals surface area contributed by atoms with Gasteiger partial charge in [-0.2, -0.15) is 0 Å². The molecule has 0 aromatic rings. The molecule has 1 amide bonds. The Balaban J connectivity index is 2.03. The molecule has 0 radical (unpaired) electrons. The number of nitrogens with zero attached hydrogens (tertiary/aromatic N) is 2. The Morgan fingerprint density at radius 2 is 1.94 bits per heavy atom. The fourth-order valence-corrected chi connectivity index (χ4v) is 3.47. The van der Waals surface area contributed by atoms with Crippen molar-refractivity contribution in [1.82, 2.24) is 9.80 Å². The molecule has 4 heteroatoms. The van der Waals surface area contributed by atoms with Crippen molar-refractivity contribution in [3.63, 3.8) is 0 Å². The molecule has 2 fully saturated rings. The molecule has 0 saturated carbocycles. The van der Waals surface area contributed by atoms with Crippen LogP contribution in [0.2, 0.25) is 0 Å². The molecule has 2 aliphatic rings. The molecular formula is C14H26N2O2. The number of rotatable bonds is 1. The zero-order valence-electron chi connectivity index (χ0n) is 12.4. The van der Waals surface area contributed by atoms with Gasteiger partial charge in [-0.25, -0.2) is 4.79 Å². The Morgan fingerprint density at radius 1 is 1.33 bits per heavy atom. The number of hydrogen-bond donors (Lipinski definition) is 0. The molecule has 3 unspecified atom stereocenters.